The fourth-order valence-electron chi connectivity index (χ4n) is 1.93. The summed E-state index contributed by atoms with van der Waals surface area (Å²) in [6.45, 7) is 2.45. The van der Waals surface area contributed by atoms with E-state index >= 15 is 0 Å². The molecule has 0 aliphatic rings. The number of hydrogen-bond acceptors (Lipinski definition) is 3. The summed E-state index contributed by atoms with van der Waals surface area (Å²) in [6, 6.07) is 13.5. The summed E-state index contributed by atoms with van der Waals surface area (Å²) in [5.74, 6) is 1.51. The molecule has 1 atom stereocenters. The van der Waals surface area contributed by atoms with Crippen LogP contribution in [0.3, 0.4) is 0 Å². The zero-order chi connectivity index (χ0) is 15.2. The third kappa shape index (κ3) is 4.56. The van der Waals surface area contributed by atoms with Gasteiger partial charge in [0.1, 0.15) is 11.5 Å². The average Bonchev–Trinajstić information content (AvgIpc) is 2.48. The van der Waals surface area contributed by atoms with Crippen molar-refractivity contribution in [1.29, 1.82) is 0 Å². The highest BCUT2D eigenvalue weighted by molar-refractivity contribution is 9.10. The molecule has 0 spiro atoms. The van der Waals surface area contributed by atoms with E-state index in [0.717, 1.165) is 28.0 Å². The van der Waals surface area contributed by atoms with Crippen molar-refractivity contribution in [3.05, 3.63) is 58.1 Å². The first-order chi connectivity index (χ1) is 10.1. The maximum atomic E-state index is 9.56. The molecule has 2 aromatic carbocycles. The highest BCUT2D eigenvalue weighted by atomic mass is 79.9. The SMILES string of the molecule is COCCc1ccc(Oc2ccc([C@H](C)O)cc2Br)cc1. The first-order valence-corrected chi connectivity index (χ1v) is 7.62. The van der Waals surface area contributed by atoms with Crippen molar-refractivity contribution in [2.45, 2.75) is 19.4 Å². The summed E-state index contributed by atoms with van der Waals surface area (Å²) in [5.41, 5.74) is 2.07. The molecule has 0 saturated carbocycles. The minimum atomic E-state index is -0.490. The number of halogens is 1. The van der Waals surface area contributed by atoms with Gasteiger partial charge in [-0.05, 0) is 64.7 Å². The Balaban J connectivity index is 2.07. The number of methoxy groups -OCH3 is 1. The van der Waals surface area contributed by atoms with Gasteiger partial charge in [0.2, 0.25) is 0 Å². The van der Waals surface area contributed by atoms with Gasteiger partial charge in [-0.2, -0.15) is 0 Å². The summed E-state index contributed by atoms with van der Waals surface area (Å²) < 4.78 is 11.7. The van der Waals surface area contributed by atoms with Gasteiger partial charge in [-0.3, -0.25) is 0 Å². The molecule has 4 heteroatoms. The van der Waals surface area contributed by atoms with Crippen LogP contribution in [-0.2, 0) is 11.2 Å². The van der Waals surface area contributed by atoms with Gasteiger partial charge in [-0.25, -0.2) is 0 Å². The number of rotatable bonds is 6. The second kappa shape index (κ2) is 7.59. The summed E-state index contributed by atoms with van der Waals surface area (Å²) in [5, 5.41) is 9.56. The van der Waals surface area contributed by atoms with Gasteiger partial charge in [-0.1, -0.05) is 18.2 Å². The molecule has 0 amide bonds. The van der Waals surface area contributed by atoms with Gasteiger partial charge in [0, 0.05) is 7.11 Å². The highest BCUT2D eigenvalue weighted by Crippen LogP contribution is 2.32. The second-order valence-corrected chi connectivity index (χ2v) is 5.71. The number of aliphatic hydroxyl groups is 1. The van der Waals surface area contributed by atoms with Crippen molar-refractivity contribution >= 4 is 15.9 Å². The second-order valence-electron chi connectivity index (χ2n) is 4.85. The number of benzene rings is 2. The number of aliphatic hydroxyl groups excluding tert-OH is 1. The lowest BCUT2D eigenvalue weighted by Crippen LogP contribution is -1.94. The number of ether oxygens (including phenoxy) is 2. The zero-order valence-electron chi connectivity index (χ0n) is 12.2. The van der Waals surface area contributed by atoms with E-state index in [-0.39, 0.29) is 0 Å². The van der Waals surface area contributed by atoms with Crippen molar-refractivity contribution < 1.29 is 14.6 Å². The van der Waals surface area contributed by atoms with E-state index < -0.39 is 6.10 Å². The molecule has 0 fully saturated rings. The average molecular weight is 351 g/mol. The van der Waals surface area contributed by atoms with E-state index in [0.29, 0.717) is 6.61 Å². The van der Waals surface area contributed by atoms with Gasteiger partial charge in [0.15, 0.2) is 0 Å². The molecule has 112 valence electrons. The first-order valence-electron chi connectivity index (χ1n) is 6.83. The summed E-state index contributed by atoms with van der Waals surface area (Å²) in [4.78, 5) is 0. The van der Waals surface area contributed by atoms with E-state index in [1.54, 1.807) is 14.0 Å². The van der Waals surface area contributed by atoms with Crippen molar-refractivity contribution in [3.63, 3.8) is 0 Å². The predicted octanol–water partition coefficient (Wildman–Crippen LogP) is 4.48. The van der Waals surface area contributed by atoms with Gasteiger partial charge >= 0.3 is 0 Å². The Morgan fingerprint density at radius 2 is 1.86 bits per heavy atom. The van der Waals surface area contributed by atoms with Crippen LogP contribution in [0.4, 0.5) is 0 Å². The molecule has 0 aliphatic carbocycles. The van der Waals surface area contributed by atoms with Crippen LogP contribution < -0.4 is 4.74 Å². The molecule has 2 aromatic rings. The van der Waals surface area contributed by atoms with E-state index in [9.17, 15) is 5.11 Å². The lowest BCUT2D eigenvalue weighted by atomic mass is 10.1. The van der Waals surface area contributed by atoms with Gasteiger partial charge < -0.3 is 14.6 Å². The minimum Gasteiger partial charge on any atom is -0.456 e. The first kappa shape index (κ1) is 16.0. The molecule has 0 saturated heterocycles. The Hall–Kier alpha value is -1.36. The van der Waals surface area contributed by atoms with Crippen LogP contribution >= 0.6 is 15.9 Å². The molecule has 0 heterocycles. The molecular weight excluding hydrogens is 332 g/mol. The largest absolute Gasteiger partial charge is 0.456 e. The van der Waals surface area contributed by atoms with Gasteiger partial charge in [-0.15, -0.1) is 0 Å². The third-order valence-electron chi connectivity index (χ3n) is 3.18. The fourth-order valence-corrected chi connectivity index (χ4v) is 2.41. The monoisotopic (exact) mass is 350 g/mol. The Morgan fingerprint density at radius 1 is 1.14 bits per heavy atom. The Bertz CT molecular complexity index is 579. The Morgan fingerprint density at radius 3 is 2.43 bits per heavy atom. The Labute approximate surface area is 133 Å². The van der Waals surface area contributed by atoms with Crippen molar-refractivity contribution in [2.24, 2.45) is 0 Å². The van der Waals surface area contributed by atoms with E-state index in [4.69, 9.17) is 9.47 Å². The van der Waals surface area contributed by atoms with Crippen LogP contribution in [-0.4, -0.2) is 18.8 Å². The van der Waals surface area contributed by atoms with Crippen LogP contribution in [0.15, 0.2) is 46.9 Å². The van der Waals surface area contributed by atoms with E-state index in [1.807, 2.05) is 42.5 Å². The maximum Gasteiger partial charge on any atom is 0.141 e. The van der Waals surface area contributed by atoms with Crippen LogP contribution in [0.1, 0.15) is 24.2 Å². The van der Waals surface area contributed by atoms with Crippen molar-refractivity contribution in [3.8, 4) is 11.5 Å². The Kier molecular flexibility index (Phi) is 5.79. The summed E-state index contributed by atoms with van der Waals surface area (Å²) >= 11 is 3.47. The standard InChI is InChI=1S/C17H19BrO3/c1-12(19)14-5-8-17(16(18)11-14)21-15-6-3-13(4-7-15)9-10-20-2/h3-8,11-12,19H,9-10H2,1-2H3/t12-/m0/s1. The topological polar surface area (TPSA) is 38.7 Å². The van der Waals surface area contributed by atoms with Crippen LogP contribution in [0.2, 0.25) is 0 Å². The van der Waals surface area contributed by atoms with Crippen LogP contribution in [0, 0.1) is 0 Å². The molecule has 0 bridgehead atoms. The van der Waals surface area contributed by atoms with Crippen molar-refractivity contribution in [1.82, 2.24) is 0 Å². The van der Waals surface area contributed by atoms with Gasteiger partial charge in [0.05, 0.1) is 17.2 Å². The fraction of sp³-hybridized carbons (Fsp3) is 0.294. The molecule has 2 rings (SSSR count). The molecule has 0 unspecified atom stereocenters. The van der Waals surface area contributed by atoms with Crippen molar-refractivity contribution in [2.75, 3.05) is 13.7 Å². The van der Waals surface area contributed by atoms with Crippen LogP contribution in [0.5, 0.6) is 11.5 Å². The molecule has 3 nitrogen and oxygen atoms in total. The molecule has 0 radical (unpaired) electrons. The third-order valence-corrected chi connectivity index (χ3v) is 3.80. The molecule has 21 heavy (non-hydrogen) atoms. The smallest absolute Gasteiger partial charge is 0.141 e. The zero-order valence-corrected chi connectivity index (χ0v) is 13.8. The van der Waals surface area contributed by atoms with Gasteiger partial charge in [0.25, 0.3) is 0 Å². The number of hydrogen-bond donors (Lipinski definition) is 1. The van der Waals surface area contributed by atoms with E-state index in [1.165, 1.54) is 5.56 Å². The summed E-state index contributed by atoms with van der Waals surface area (Å²) in [6.07, 6.45) is 0.402. The quantitative estimate of drug-likeness (QED) is 0.834. The molecule has 0 aliphatic heterocycles. The maximum absolute atomic E-state index is 9.56. The lowest BCUT2D eigenvalue weighted by Gasteiger charge is -2.11. The van der Waals surface area contributed by atoms with E-state index in [2.05, 4.69) is 15.9 Å². The normalized spacial score (nSPS) is 12.2. The minimum absolute atomic E-state index is 0.490. The predicted molar refractivity (Wildman–Crippen MR) is 86.9 cm³/mol. The lowest BCUT2D eigenvalue weighted by molar-refractivity contribution is 0.199. The van der Waals surface area contributed by atoms with Crippen LogP contribution in [0.25, 0.3) is 0 Å². The highest BCUT2D eigenvalue weighted by Gasteiger charge is 2.07. The molecule has 0 aromatic heterocycles. The molecular formula is C17H19BrO3. The molecule has 1 N–H and O–H groups in total. The summed E-state index contributed by atoms with van der Waals surface area (Å²) in [7, 11) is 1.70.